The van der Waals surface area contributed by atoms with Gasteiger partial charge in [-0.1, -0.05) is 11.6 Å². The molecule has 0 radical (unpaired) electrons. The summed E-state index contributed by atoms with van der Waals surface area (Å²) in [7, 11) is 0. The zero-order valence-corrected chi connectivity index (χ0v) is 20.4. The number of urea groups is 1. The van der Waals surface area contributed by atoms with Crippen molar-refractivity contribution in [3.05, 3.63) is 86.9 Å². The molecule has 1 atom stereocenters. The monoisotopic (exact) mass is 564 g/mol. The molecule has 202 valence electrons. The molecular weight excluding hydrogens is 547 g/mol. The number of halogens is 6. The summed E-state index contributed by atoms with van der Waals surface area (Å²) in [5.74, 6) is -3.33. The SMILES string of the molecule is NC(N)=Nc1cc(NC(=O)c2cc(F)cc(C(F)(F)F)c2)c2c3c1CCN3C(=O)NC2c1cc(F)ccc1Cl. The van der Waals surface area contributed by atoms with E-state index >= 15 is 0 Å². The molecule has 3 aromatic rings. The summed E-state index contributed by atoms with van der Waals surface area (Å²) >= 11 is 6.35. The van der Waals surface area contributed by atoms with Crippen LogP contribution >= 0.6 is 11.6 Å². The summed E-state index contributed by atoms with van der Waals surface area (Å²) < 4.78 is 68.0. The number of amides is 3. The van der Waals surface area contributed by atoms with E-state index in [2.05, 4.69) is 15.6 Å². The Morgan fingerprint density at radius 1 is 1.10 bits per heavy atom. The zero-order chi connectivity index (χ0) is 28.2. The van der Waals surface area contributed by atoms with Crippen LogP contribution < -0.4 is 27.0 Å². The molecule has 0 spiro atoms. The van der Waals surface area contributed by atoms with E-state index in [0.29, 0.717) is 29.8 Å². The minimum atomic E-state index is -4.90. The Morgan fingerprint density at radius 3 is 2.54 bits per heavy atom. The molecule has 0 saturated heterocycles. The van der Waals surface area contributed by atoms with Crippen LogP contribution in [0.3, 0.4) is 0 Å². The van der Waals surface area contributed by atoms with Crippen molar-refractivity contribution in [2.75, 3.05) is 16.8 Å². The van der Waals surface area contributed by atoms with E-state index in [-0.39, 0.29) is 46.1 Å². The molecule has 14 heteroatoms. The number of hydrogen-bond donors (Lipinski definition) is 4. The highest BCUT2D eigenvalue weighted by Crippen LogP contribution is 2.50. The quantitative estimate of drug-likeness (QED) is 0.203. The van der Waals surface area contributed by atoms with Crippen LogP contribution in [0.15, 0.2) is 47.5 Å². The first-order valence-corrected chi connectivity index (χ1v) is 11.7. The summed E-state index contributed by atoms with van der Waals surface area (Å²) in [6.45, 7) is 0.223. The van der Waals surface area contributed by atoms with Gasteiger partial charge in [-0.3, -0.25) is 9.69 Å². The molecule has 39 heavy (non-hydrogen) atoms. The number of carbonyl (C=O) groups excluding carboxylic acids is 2. The summed E-state index contributed by atoms with van der Waals surface area (Å²) in [6.07, 6.45) is -4.57. The van der Waals surface area contributed by atoms with Crippen LogP contribution in [-0.2, 0) is 12.6 Å². The highest BCUT2D eigenvalue weighted by atomic mass is 35.5. The van der Waals surface area contributed by atoms with E-state index in [1.54, 1.807) is 0 Å². The average Bonchev–Trinajstić information content (AvgIpc) is 3.29. The molecule has 0 fully saturated rings. The largest absolute Gasteiger partial charge is 0.416 e. The molecular formula is C25H18ClF5N6O2. The lowest BCUT2D eigenvalue weighted by Gasteiger charge is -2.35. The number of hydrogen-bond acceptors (Lipinski definition) is 3. The van der Waals surface area contributed by atoms with Gasteiger partial charge in [0.2, 0.25) is 0 Å². The molecule has 0 aliphatic carbocycles. The molecule has 2 heterocycles. The maximum Gasteiger partial charge on any atom is 0.416 e. The van der Waals surface area contributed by atoms with Crippen LogP contribution in [0.4, 0.5) is 43.8 Å². The smallest absolute Gasteiger partial charge is 0.370 e. The van der Waals surface area contributed by atoms with Gasteiger partial charge in [0.1, 0.15) is 11.6 Å². The van der Waals surface area contributed by atoms with Crippen LogP contribution in [0.1, 0.15) is 38.7 Å². The van der Waals surface area contributed by atoms with Crippen molar-refractivity contribution in [3.63, 3.8) is 0 Å². The maximum atomic E-state index is 14.2. The highest BCUT2D eigenvalue weighted by Gasteiger charge is 2.41. The number of benzene rings is 3. The topological polar surface area (TPSA) is 126 Å². The van der Waals surface area contributed by atoms with Gasteiger partial charge in [0, 0.05) is 33.8 Å². The first kappa shape index (κ1) is 26.2. The second-order valence-electron chi connectivity index (χ2n) is 8.85. The van der Waals surface area contributed by atoms with Crippen molar-refractivity contribution in [2.45, 2.75) is 18.6 Å². The first-order valence-electron chi connectivity index (χ1n) is 11.3. The Labute approximate surface area is 222 Å². The zero-order valence-electron chi connectivity index (χ0n) is 19.7. The van der Waals surface area contributed by atoms with Gasteiger partial charge in [-0.05, 0) is 48.9 Å². The standard InChI is InChI=1S/C25H18ClF5N6O2/c26-16-2-1-12(27)8-15(16)20-19-18(34-22(38)10-5-11(25(29,30)31)7-13(28)6-10)9-17(35-23(32)33)14-3-4-37(21(14)19)24(39)36-20/h1-2,5-9,20H,3-4H2,(H,34,38)(H,36,39)(H4,32,33,35). The molecule has 1 unspecified atom stereocenters. The molecule has 0 saturated carbocycles. The Kier molecular flexibility index (Phi) is 6.33. The fourth-order valence-electron chi connectivity index (χ4n) is 4.76. The summed E-state index contributed by atoms with van der Waals surface area (Å²) in [5.41, 5.74) is 10.7. The summed E-state index contributed by atoms with van der Waals surface area (Å²) in [6, 6.07) is 4.71. The number of carbonyl (C=O) groups is 2. The molecule has 3 amide bonds. The fourth-order valence-corrected chi connectivity index (χ4v) is 4.99. The molecule has 5 rings (SSSR count). The van der Waals surface area contributed by atoms with Crippen molar-refractivity contribution in [1.29, 1.82) is 0 Å². The van der Waals surface area contributed by atoms with Crippen molar-refractivity contribution in [2.24, 2.45) is 16.5 Å². The Balaban J connectivity index is 1.71. The number of nitrogens with zero attached hydrogens (tertiary/aromatic N) is 2. The minimum absolute atomic E-state index is 0.0196. The van der Waals surface area contributed by atoms with Gasteiger partial charge in [-0.15, -0.1) is 0 Å². The second kappa shape index (κ2) is 9.42. The van der Waals surface area contributed by atoms with Crippen molar-refractivity contribution in [3.8, 4) is 0 Å². The second-order valence-corrected chi connectivity index (χ2v) is 9.26. The van der Waals surface area contributed by atoms with Crippen molar-refractivity contribution < 1.29 is 31.5 Å². The Bertz CT molecular complexity index is 1570. The van der Waals surface area contributed by atoms with E-state index in [1.165, 1.54) is 17.0 Å². The minimum Gasteiger partial charge on any atom is -0.370 e. The lowest BCUT2D eigenvalue weighted by Crippen LogP contribution is -2.46. The first-order chi connectivity index (χ1) is 18.3. The van der Waals surface area contributed by atoms with Crippen LogP contribution in [0.5, 0.6) is 0 Å². The lowest BCUT2D eigenvalue weighted by atomic mass is 9.90. The van der Waals surface area contributed by atoms with Crippen LogP contribution in [0.25, 0.3) is 0 Å². The van der Waals surface area contributed by atoms with Crippen LogP contribution in [0, 0.1) is 11.6 Å². The number of aliphatic imine (C=N–C) groups is 1. The van der Waals surface area contributed by atoms with Gasteiger partial charge in [0.05, 0.1) is 28.7 Å². The van der Waals surface area contributed by atoms with Gasteiger partial charge < -0.3 is 22.1 Å². The van der Waals surface area contributed by atoms with E-state index < -0.39 is 46.9 Å². The van der Waals surface area contributed by atoms with Gasteiger partial charge in [-0.2, -0.15) is 13.2 Å². The number of guanidine groups is 1. The summed E-state index contributed by atoms with van der Waals surface area (Å²) in [5, 5.41) is 5.33. The Morgan fingerprint density at radius 2 is 1.85 bits per heavy atom. The van der Waals surface area contributed by atoms with E-state index in [0.717, 1.165) is 12.1 Å². The lowest BCUT2D eigenvalue weighted by molar-refractivity contribution is -0.137. The van der Waals surface area contributed by atoms with E-state index in [4.69, 9.17) is 23.1 Å². The van der Waals surface area contributed by atoms with Crippen molar-refractivity contribution in [1.82, 2.24) is 5.32 Å². The molecule has 3 aromatic carbocycles. The number of nitrogens with two attached hydrogens (primary N) is 2. The molecule has 0 aromatic heterocycles. The third-order valence-electron chi connectivity index (χ3n) is 6.33. The van der Waals surface area contributed by atoms with Gasteiger partial charge in [0.25, 0.3) is 5.91 Å². The summed E-state index contributed by atoms with van der Waals surface area (Å²) in [4.78, 5) is 31.6. The van der Waals surface area contributed by atoms with Crippen LogP contribution in [-0.4, -0.2) is 24.4 Å². The van der Waals surface area contributed by atoms with E-state index in [1.807, 2.05) is 0 Å². The average molecular weight is 565 g/mol. The normalized spacial score (nSPS) is 16.0. The van der Waals surface area contributed by atoms with Gasteiger partial charge in [0.15, 0.2) is 5.96 Å². The third-order valence-corrected chi connectivity index (χ3v) is 6.68. The predicted octanol–water partition coefficient (Wildman–Crippen LogP) is 4.97. The fraction of sp³-hybridized carbons (Fsp3) is 0.160. The van der Waals surface area contributed by atoms with Gasteiger partial charge >= 0.3 is 12.2 Å². The Hall–Kier alpha value is -4.39. The number of anilines is 2. The predicted molar refractivity (Wildman–Crippen MR) is 134 cm³/mol. The van der Waals surface area contributed by atoms with Crippen molar-refractivity contribution >= 4 is 46.6 Å². The highest BCUT2D eigenvalue weighted by molar-refractivity contribution is 6.31. The maximum absolute atomic E-state index is 14.2. The molecule has 2 aliphatic rings. The van der Waals surface area contributed by atoms with Crippen LogP contribution in [0.2, 0.25) is 5.02 Å². The van der Waals surface area contributed by atoms with E-state index in [9.17, 15) is 31.5 Å². The molecule has 8 nitrogen and oxygen atoms in total. The molecule has 0 bridgehead atoms. The van der Waals surface area contributed by atoms with Gasteiger partial charge in [-0.25, -0.2) is 18.6 Å². The molecule has 2 aliphatic heterocycles. The third kappa shape index (κ3) is 4.80. The number of rotatable bonds is 4. The number of alkyl halides is 3. The number of nitrogens with one attached hydrogen (secondary N) is 2. The molecule has 6 N–H and O–H groups in total.